The van der Waals surface area contributed by atoms with Crippen molar-refractivity contribution in [2.75, 3.05) is 19.0 Å². The molecule has 0 radical (unpaired) electrons. The lowest BCUT2D eigenvalue weighted by atomic mass is 9.83. The molecule has 0 spiro atoms. The monoisotopic (exact) mass is 408 g/mol. The van der Waals surface area contributed by atoms with Gasteiger partial charge in [0, 0.05) is 31.6 Å². The summed E-state index contributed by atoms with van der Waals surface area (Å²) in [7, 11) is -3.85. The zero-order valence-corrected chi connectivity index (χ0v) is 15.2. The van der Waals surface area contributed by atoms with E-state index in [2.05, 4.69) is 25.1 Å². The average molecular weight is 408 g/mol. The summed E-state index contributed by atoms with van der Waals surface area (Å²) < 4.78 is 64.2. The zero-order chi connectivity index (χ0) is 18.9. The number of anilines is 1. The van der Waals surface area contributed by atoms with Gasteiger partial charge in [0.15, 0.2) is 0 Å². The number of fused-ring (bicyclic) bond motifs is 1. The maximum atomic E-state index is 12.7. The quantitative estimate of drug-likeness (QED) is 0.770. The number of nitrogens with one attached hydrogen (secondary N) is 1. The summed E-state index contributed by atoms with van der Waals surface area (Å²) in [6.45, 7) is 0.747. The minimum Gasteiger partial charge on any atom is -0.378 e. The van der Waals surface area contributed by atoms with E-state index in [0.717, 1.165) is 36.4 Å². The molecule has 142 valence electrons. The molecule has 13 heteroatoms. The first-order valence-electron chi connectivity index (χ1n) is 7.60. The third kappa shape index (κ3) is 3.87. The van der Waals surface area contributed by atoms with Gasteiger partial charge >= 0.3 is 15.5 Å². The van der Waals surface area contributed by atoms with Crippen LogP contribution in [0.1, 0.15) is 19.3 Å². The molecule has 26 heavy (non-hydrogen) atoms. The molecule has 1 unspecified atom stereocenters. The maximum absolute atomic E-state index is 12.7. The highest BCUT2D eigenvalue weighted by Crippen LogP contribution is 2.33. The Hall–Kier alpha value is -2.02. The molecule has 0 amide bonds. The number of nitrogens with zero attached hydrogens (tertiary/aromatic N) is 5. The normalized spacial score (nSPS) is 24.5. The molecule has 1 atom stereocenters. The minimum atomic E-state index is -5.67. The van der Waals surface area contributed by atoms with Crippen LogP contribution in [0, 0.1) is 5.92 Å². The SMILES string of the molecule is CN1CCCC2CC(=NNc3nncs3)C(=NS(=O)(=O)C(F)(F)F)C=C21. The van der Waals surface area contributed by atoms with Gasteiger partial charge in [-0.1, -0.05) is 11.3 Å². The summed E-state index contributed by atoms with van der Waals surface area (Å²) in [5.41, 5.74) is -0.837. The molecule has 2 aliphatic rings. The van der Waals surface area contributed by atoms with E-state index in [1.54, 1.807) is 0 Å². The van der Waals surface area contributed by atoms with Crippen molar-refractivity contribution in [1.29, 1.82) is 0 Å². The average Bonchev–Trinajstić information content (AvgIpc) is 3.06. The molecule has 3 rings (SSSR count). The van der Waals surface area contributed by atoms with Gasteiger partial charge in [-0.3, -0.25) is 5.43 Å². The second-order valence-electron chi connectivity index (χ2n) is 5.85. The first-order valence-corrected chi connectivity index (χ1v) is 9.92. The highest BCUT2D eigenvalue weighted by atomic mass is 32.2. The van der Waals surface area contributed by atoms with Crippen LogP contribution < -0.4 is 5.43 Å². The number of hydrogen-bond acceptors (Lipinski definition) is 8. The fourth-order valence-corrected chi connectivity index (χ4v) is 3.77. The van der Waals surface area contributed by atoms with Crippen LogP contribution in [0.2, 0.25) is 0 Å². The topological polar surface area (TPSA) is 99.9 Å². The number of allylic oxidation sites excluding steroid dienone is 2. The minimum absolute atomic E-state index is 0.0521. The predicted molar refractivity (Wildman–Crippen MR) is 91.4 cm³/mol. The highest BCUT2D eigenvalue weighted by molar-refractivity contribution is 7.91. The van der Waals surface area contributed by atoms with Crippen molar-refractivity contribution >= 4 is 37.9 Å². The summed E-state index contributed by atoms with van der Waals surface area (Å²) >= 11 is 1.15. The lowest BCUT2D eigenvalue weighted by Gasteiger charge is -2.37. The number of halogens is 3. The van der Waals surface area contributed by atoms with E-state index in [0.29, 0.717) is 5.13 Å². The van der Waals surface area contributed by atoms with Crippen molar-refractivity contribution in [3.63, 3.8) is 0 Å². The summed E-state index contributed by atoms with van der Waals surface area (Å²) in [6, 6.07) is 0. The Morgan fingerprint density at radius 3 is 2.85 bits per heavy atom. The van der Waals surface area contributed by atoms with Crippen molar-refractivity contribution < 1.29 is 21.6 Å². The lowest BCUT2D eigenvalue weighted by molar-refractivity contribution is -0.0435. The van der Waals surface area contributed by atoms with Gasteiger partial charge in [-0.05, 0) is 18.9 Å². The highest BCUT2D eigenvalue weighted by Gasteiger charge is 2.46. The molecule has 0 saturated carbocycles. The smallest absolute Gasteiger partial charge is 0.378 e. The van der Waals surface area contributed by atoms with Crippen molar-refractivity contribution in [3.8, 4) is 0 Å². The van der Waals surface area contributed by atoms with Crippen LogP contribution in [0.15, 0.2) is 26.8 Å². The number of likely N-dealkylation sites (tertiary alicyclic amines) is 1. The van der Waals surface area contributed by atoms with Gasteiger partial charge in [0.1, 0.15) is 11.2 Å². The Morgan fingerprint density at radius 1 is 1.42 bits per heavy atom. The molecular weight excluding hydrogens is 393 g/mol. The second kappa shape index (κ2) is 6.95. The second-order valence-corrected chi connectivity index (χ2v) is 8.27. The third-order valence-corrected chi connectivity index (χ3v) is 5.70. The maximum Gasteiger partial charge on any atom is 0.518 e. The summed E-state index contributed by atoms with van der Waals surface area (Å²) in [6.07, 6.45) is 3.43. The Labute approximate surface area is 151 Å². The van der Waals surface area contributed by atoms with E-state index in [-0.39, 0.29) is 23.8 Å². The number of aromatic nitrogens is 2. The predicted octanol–water partition coefficient (Wildman–Crippen LogP) is 2.23. The van der Waals surface area contributed by atoms with Crippen LogP contribution in [0.25, 0.3) is 0 Å². The molecule has 1 aliphatic heterocycles. The standard InChI is InChI=1S/C13H15F3N6O2S2/c1-22-4-2-3-8-5-9(18-20-12-19-17-7-25-12)10(6-11(8)22)21-26(23,24)13(14,15)16/h6-8H,2-5H2,1H3,(H,19,20). The molecule has 1 fully saturated rings. The Bertz CT molecular complexity index is 861. The van der Waals surface area contributed by atoms with E-state index in [1.165, 1.54) is 11.6 Å². The molecule has 1 N–H and O–H groups in total. The van der Waals surface area contributed by atoms with E-state index in [1.807, 2.05) is 11.9 Å². The number of piperidine rings is 1. The third-order valence-electron chi connectivity index (χ3n) is 4.08. The van der Waals surface area contributed by atoms with Crippen LogP contribution >= 0.6 is 11.3 Å². The fourth-order valence-electron chi connectivity index (χ4n) is 2.86. The van der Waals surface area contributed by atoms with Gasteiger partial charge in [-0.25, -0.2) is 0 Å². The number of hydrazone groups is 1. The van der Waals surface area contributed by atoms with E-state index < -0.39 is 15.5 Å². The number of rotatable bonds is 3. The van der Waals surface area contributed by atoms with E-state index in [9.17, 15) is 21.6 Å². The Morgan fingerprint density at radius 2 is 2.19 bits per heavy atom. The van der Waals surface area contributed by atoms with Crippen LogP contribution in [-0.4, -0.2) is 54.0 Å². The van der Waals surface area contributed by atoms with Crippen LogP contribution in [0.4, 0.5) is 18.3 Å². The fraction of sp³-hybridized carbons (Fsp3) is 0.538. The van der Waals surface area contributed by atoms with E-state index in [4.69, 9.17) is 0 Å². The van der Waals surface area contributed by atoms with Crippen molar-refractivity contribution in [1.82, 2.24) is 15.1 Å². The molecule has 8 nitrogen and oxygen atoms in total. The number of hydrogen-bond donors (Lipinski definition) is 1. The van der Waals surface area contributed by atoms with Crippen LogP contribution in [0.5, 0.6) is 0 Å². The van der Waals surface area contributed by atoms with E-state index >= 15 is 0 Å². The molecular formula is C13H15F3N6O2S2. The number of sulfonamides is 1. The lowest BCUT2D eigenvalue weighted by Crippen LogP contribution is -2.37. The zero-order valence-electron chi connectivity index (χ0n) is 13.6. The molecule has 0 bridgehead atoms. The van der Waals surface area contributed by atoms with Gasteiger partial charge in [0.05, 0.1) is 5.71 Å². The number of alkyl halides is 3. The van der Waals surface area contributed by atoms with Crippen LogP contribution in [-0.2, 0) is 10.0 Å². The summed E-state index contributed by atoms with van der Waals surface area (Å²) in [5.74, 6) is 0.0521. The van der Waals surface area contributed by atoms with Gasteiger partial charge in [0.25, 0.3) is 0 Å². The largest absolute Gasteiger partial charge is 0.518 e. The van der Waals surface area contributed by atoms with Gasteiger partial charge in [-0.2, -0.15) is 31.1 Å². The van der Waals surface area contributed by atoms with Gasteiger partial charge in [-0.15, -0.1) is 10.2 Å². The summed E-state index contributed by atoms with van der Waals surface area (Å²) in [5, 5.41) is 11.7. The first-order chi connectivity index (χ1) is 12.2. The first kappa shape index (κ1) is 18.8. The molecule has 0 aromatic carbocycles. The van der Waals surface area contributed by atoms with Gasteiger partial charge < -0.3 is 4.90 Å². The molecule has 1 aliphatic carbocycles. The molecule has 1 aromatic rings. The van der Waals surface area contributed by atoms with Crippen LogP contribution in [0.3, 0.4) is 0 Å². The van der Waals surface area contributed by atoms with Gasteiger partial charge in [0.2, 0.25) is 5.13 Å². The Kier molecular flexibility index (Phi) is 5.01. The van der Waals surface area contributed by atoms with Crippen molar-refractivity contribution in [2.45, 2.75) is 24.8 Å². The van der Waals surface area contributed by atoms with Crippen molar-refractivity contribution in [3.05, 3.63) is 17.3 Å². The molecule has 1 aromatic heterocycles. The van der Waals surface area contributed by atoms with Crippen molar-refractivity contribution in [2.24, 2.45) is 15.4 Å². The Balaban J connectivity index is 2.02. The molecule has 1 saturated heterocycles. The molecule has 2 heterocycles. The summed E-state index contributed by atoms with van der Waals surface area (Å²) in [4.78, 5) is 1.90.